The van der Waals surface area contributed by atoms with Crippen molar-refractivity contribution in [1.29, 1.82) is 0 Å². The summed E-state index contributed by atoms with van der Waals surface area (Å²) in [6.45, 7) is 1.91. The highest BCUT2D eigenvalue weighted by Crippen LogP contribution is 2.23. The Morgan fingerprint density at radius 3 is 2.59 bits per heavy atom. The van der Waals surface area contributed by atoms with Crippen LogP contribution in [-0.4, -0.2) is 14.5 Å². The van der Waals surface area contributed by atoms with Crippen molar-refractivity contribution in [3.05, 3.63) is 80.8 Å². The second-order valence-electron chi connectivity index (χ2n) is 4.98. The van der Waals surface area contributed by atoms with Crippen molar-refractivity contribution in [2.45, 2.75) is 13.0 Å². The third kappa shape index (κ3) is 2.35. The van der Waals surface area contributed by atoms with Crippen molar-refractivity contribution in [2.75, 3.05) is 0 Å². The lowest BCUT2D eigenvalue weighted by molar-refractivity contribution is -0.384. The molecule has 110 valence electrons. The van der Waals surface area contributed by atoms with Crippen LogP contribution in [0.25, 0.3) is 11.0 Å². The number of rotatable bonds is 3. The third-order valence-corrected chi connectivity index (χ3v) is 3.65. The third-order valence-electron chi connectivity index (χ3n) is 3.65. The van der Waals surface area contributed by atoms with Crippen LogP contribution in [0.1, 0.15) is 18.5 Å². The number of benzene rings is 2. The average molecular weight is 295 g/mol. The molecule has 1 aromatic heterocycles. The zero-order valence-corrected chi connectivity index (χ0v) is 11.8. The number of hydrogen-bond acceptors (Lipinski definition) is 4. The molecule has 0 aliphatic carbocycles. The van der Waals surface area contributed by atoms with Crippen LogP contribution < -0.4 is 5.56 Å². The summed E-state index contributed by atoms with van der Waals surface area (Å²) in [5.41, 5.74) is 1.71. The summed E-state index contributed by atoms with van der Waals surface area (Å²) >= 11 is 0. The Balaban J connectivity index is 2.22. The second-order valence-corrected chi connectivity index (χ2v) is 4.98. The van der Waals surface area contributed by atoms with E-state index >= 15 is 0 Å². The van der Waals surface area contributed by atoms with E-state index < -0.39 is 4.92 Å². The Labute approximate surface area is 125 Å². The second kappa shape index (κ2) is 5.40. The highest BCUT2D eigenvalue weighted by molar-refractivity contribution is 5.77. The largest absolute Gasteiger partial charge is 0.298 e. The molecule has 1 heterocycles. The minimum atomic E-state index is -0.475. The normalized spacial score (nSPS) is 12.2. The van der Waals surface area contributed by atoms with Gasteiger partial charge in [-0.2, -0.15) is 0 Å². The quantitative estimate of drug-likeness (QED) is 0.550. The van der Waals surface area contributed by atoms with Crippen molar-refractivity contribution in [3.8, 4) is 0 Å². The molecule has 0 unspecified atom stereocenters. The maximum absolute atomic E-state index is 12.2. The Kier molecular flexibility index (Phi) is 3.42. The zero-order valence-electron chi connectivity index (χ0n) is 11.8. The highest BCUT2D eigenvalue weighted by atomic mass is 16.6. The number of nitro benzene ring substituents is 1. The van der Waals surface area contributed by atoms with E-state index in [1.807, 2.05) is 37.3 Å². The molecule has 22 heavy (non-hydrogen) atoms. The van der Waals surface area contributed by atoms with Gasteiger partial charge in [0.05, 0.1) is 28.2 Å². The van der Waals surface area contributed by atoms with E-state index in [4.69, 9.17) is 0 Å². The summed E-state index contributed by atoms with van der Waals surface area (Å²) in [5.74, 6) is 0. The predicted octanol–water partition coefficient (Wildman–Crippen LogP) is 2.91. The van der Waals surface area contributed by atoms with Gasteiger partial charge in [0.2, 0.25) is 0 Å². The van der Waals surface area contributed by atoms with Crippen molar-refractivity contribution in [2.24, 2.45) is 0 Å². The summed E-state index contributed by atoms with van der Waals surface area (Å²) in [4.78, 5) is 26.6. The fraction of sp³-hybridized carbons (Fsp3) is 0.125. The van der Waals surface area contributed by atoms with Crippen LogP contribution in [0.5, 0.6) is 0 Å². The molecule has 2 aromatic carbocycles. The Bertz CT molecular complexity index is 903. The molecule has 1 atom stereocenters. The Hall–Kier alpha value is -3.02. The van der Waals surface area contributed by atoms with E-state index in [-0.39, 0.29) is 17.3 Å². The van der Waals surface area contributed by atoms with E-state index in [0.29, 0.717) is 11.0 Å². The van der Waals surface area contributed by atoms with Crippen molar-refractivity contribution in [3.63, 3.8) is 0 Å². The number of nitro groups is 1. The van der Waals surface area contributed by atoms with Gasteiger partial charge >= 0.3 is 0 Å². The minimum absolute atomic E-state index is 0.0439. The van der Waals surface area contributed by atoms with Crippen LogP contribution in [0.15, 0.2) is 59.5 Å². The van der Waals surface area contributed by atoms with Gasteiger partial charge in [-0.1, -0.05) is 30.3 Å². The monoisotopic (exact) mass is 295 g/mol. The fourth-order valence-corrected chi connectivity index (χ4v) is 2.52. The SMILES string of the molecule is C[C@@H](c1ccccc1)n1c(=O)cnc2cc([N+](=O)[O-])ccc21. The molecule has 0 spiro atoms. The average Bonchev–Trinajstić information content (AvgIpc) is 2.54. The number of non-ortho nitro benzene ring substituents is 1. The van der Waals surface area contributed by atoms with Crippen molar-refractivity contribution in [1.82, 2.24) is 9.55 Å². The smallest absolute Gasteiger partial charge is 0.271 e. The maximum Gasteiger partial charge on any atom is 0.271 e. The molecule has 0 saturated heterocycles. The first kappa shape index (κ1) is 13.9. The van der Waals surface area contributed by atoms with Gasteiger partial charge in [-0.15, -0.1) is 0 Å². The molecule has 3 aromatic rings. The summed E-state index contributed by atoms with van der Waals surface area (Å²) in [5, 5.41) is 10.9. The van der Waals surface area contributed by atoms with Crippen LogP contribution in [0.4, 0.5) is 5.69 Å². The predicted molar refractivity (Wildman–Crippen MR) is 82.9 cm³/mol. The van der Waals surface area contributed by atoms with Gasteiger partial charge in [0.1, 0.15) is 0 Å². The highest BCUT2D eigenvalue weighted by Gasteiger charge is 2.15. The Morgan fingerprint density at radius 2 is 1.91 bits per heavy atom. The van der Waals surface area contributed by atoms with E-state index in [0.717, 1.165) is 5.56 Å². The van der Waals surface area contributed by atoms with Crippen LogP contribution in [0.2, 0.25) is 0 Å². The van der Waals surface area contributed by atoms with Gasteiger partial charge in [0.25, 0.3) is 11.2 Å². The first-order chi connectivity index (χ1) is 10.6. The lowest BCUT2D eigenvalue weighted by Crippen LogP contribution is -2.24. The van der Waals surface area contributed by atoms with Crippen LogP contribution in [-0.2, 0) is 0 Å². The van der Waals surface area contributed by atoms with E-state index in [2.05, 4.69) is 4.98 Å². The molecule has 0 aliphatic heterocycles. The van der Waals surface area contributed by atoms with Gasteiger partial charge in [0.15, 0.2) is 0 Å². The molecule has 0 radical (unpaired) electrons. The lowest BCUT2D eigenvalue weighted by Gasteiger charge is -2.17. The molecular weight excluding hydrogens is 282 g/mol. The summed E-state index contributed by atoms with van der Waals surface area (Å²) in [6.07, 6.45) is 1.20. The van der Waals surface area contributed by atoms with E-state index in [1.54, 1.807) is 10.6 Å². The summed E-state index contributed by atoms with van der Waals surface area (Å²) < 4.78 is 1.60. The van der Waals surface area contributed by atoms with Crippen LogP contribution >= 0.6 is 0 Å². The van der Waals surface area contributed by atoms with Gasteiger partial charge in [0, 0.05) is 12.1 Å². The topological polar surface area (TPSA) is 78.0 Å². The molecule has 0 N–H and O–H groups in total. The lowest BCUT2D eigenvalue weighted by atomic mass is 10.1. The molecule has 6 nitrogen and oxygen atoms in total. The Morgan fingerprint density at radius 1 is 1.18 bits per heavy atom. The molecule has 0 aliphatic rings. The molecule has 0 fully saturated rings. The standard InChI is InChI=1S/C16H13N3O3/c1-11(12-5-3-2-4-6-12)18-15-8-7-13(19(21)22)9-14(15)17-10-16(18)20/h2-11H,1H3/t11-/m0/s1. The first-order valence-corrected chi connectivity index (χ1v) is 6.78. The maximum atomic E-state index is 12.2. The summed E-state index contributed by atoms with van der Waals surface area (Å²) in [7, 11) is 0. The molecule has 0 saturated carbocycles. The molecule has 0 bridgehead atoms. The van der Waals surface area contributed by atoms with E-state index in [9.17, 15) is 14.9 Å². The van der Waals surface area contributed by atoms with Crippen molar-refractivity contribution >= 4 is 16.7 Å². The number of hydrogen-bond donors (Lipinski definition) is 0. The molecule has 0 amide bonds. The first-order valence-electron chi connectivity index (χ1n) is 6.78. The van der Waals surface area contributed by atoms with Crippen LogP contribution in [0.3, 0.4) is 0 Å². The number of aromatic nitrogens is 2. The van der Waals surface area contributed by atoms with Crippen LogP contribution in [0, 0.1) is 10.1 Å². The number of nitrogens with zero attached hydrogens (tertiary/aromatic N) is 3. The number of fused-ring (bicyclic) bond motifs is 1. The molecule has 3 rings (SSSR count). The van der Waals surface area contributed by atoms with Gasteiger partial charge in [-0.3, -0.25) is 19.5 Å². The van der Waals surface area contributed by atoms with Gasteiger partial charge in [-0.25, -0.2) is 4.98 Å². The van der Waals surface area contributed by atoms with Gasteiger partial charge < -0.3 is 0 Å². The summed E-state index contributed by atoms with van der Waals surface area (Å²) in [6, 6.07) is 13.7. The van der Waals surface area contributed by atoms with E-state index in [1.165, 1.54) is 18.3 Å². The minimum Gasteiger partial charge on any atom is -0.298 e. The zero-order chi connectivity index (χ0) is 15.7. The molecule has 6 heteroatoms. The fourth-order valence-electron chi connectivity index (χ4n) is 2.52. The van der Waals surface area contributed by atoms with Gasteiger partial charge in [-0.05, 0) is 18.6 Å². The molecular formula is C16H13N3O3. The van der Waals surface area contributed by atoms with Crippen molar-refractivity contribution < 1.29 is 4.92 Å².